The third-order valence-electron chi connectivity index (χ3n) is 6.46. The number of carboxylic acid groups (broad SMARTS) is 1. The summed E-state index contributed by atoms with van der Waals surface area (Å²) in [6.45, 7) is 0.980. The predicted molar refractivity (Wildman–Crippen MR) is 124 cm³/mol. The van der Waals surface area contributed by atoms with Crippen molar-refractivity contribution in [3.05, 3.63) is 40.8 Å². The van der Waals surface area contributed by atoms with Crippen molar-refractivity contribution in [3.63, 3.8) is 0 Å². The van der Waals surface area contributed by atoms with Gasteiger partial charge in [0.15, 0.2) is 0 Å². The third-order valence-corrected chi connectivity index (χ3v) is 6.46. The average Bonchev–Trinajstić information content (AvgIpc) is 3.66. The topological polar surface area (TPSA) is 114 Å². The number of hydrogen-bond acceptors (Lipinski definition) is 7. The minimum absolute atomic E-state index is 0.0690. The summed E-state index contributed by atoms with van der Waals surface area (Å²) in [5.74, 6) is 0.387. The van der Waals surface area contributed by atoms with E-state index in [0.29, 0.717) is 17.9 Å². The molecule has 3 heterocycles. The van der Waals surface area contributed by atoms with E-state index in [-0.39, 0.29) is 24.6 Å². The fourth-order valence-corrected chi connectivity index (χ4v) is 4.54. The highest BCUT2D eigenvalue weighted by Gasteiger charge is 2.28. The van der Waals surface area contributed by atoms with Crippen molar-refractivity contribution >= 4 is 17.6 Å². The Morgan fingerprint density at radius 1 is 1.21 bits per heavy atom. The number of nitrogens with one attached hydrogen (secondary N) is 1. The van der Waals surface area contributed by atoms with Gasteiger partial charge in [-0.1, -0.05) is 6.07 Å². The van der Waals surface area contributed by atoms with E-state index < -0.39 is 11.9 Å². The second-order valence-electron chi connectivity index (χ2n) is 9.08. The summed E-state index contributed by atoms with van der Waals surface area (Å²) in [7, 11) is 1.47. The molecular weight excluding hydrogens is 420 g/mol. The number of carboxylic acids is 1. The van der Waals surface area contributed by atoms with Crippen LogP contribution < -0.4 is 10.1 Å². The molecule has 8 heteroatoms. The van der Waals surface area contributed by atoms with Crippen LogP contribution in [-0.4, -0.2) is 45.5 Å². The first-order valence-corrected chi connectivity index (χ1v) is 11.9. The number of Topliss-reactive ketones (excluding diaryl/α,β-unsaturated/α-hetero) is 1. The van der Waals surface area contributed by atoms with Crippen LogP contribution in [0.3, 0.4) is 0 Å². The SMILES string of the molecule is COc1ncc([C@@H](CC(=O)O)CC(=O)CCCCc2nc3c(cc2C2CC2)CCCN3)cn1. The molecule has 0 saturated heterocycles. The van der Waals surface area contributed by atoms with Gasteiger partial charge in [-0.15, -0.1) is 0 Å². The number of rotatable bonds is 12. The number of pyridine rings is 1. The molecule has 0 bridgehead atoms. The number of aromatic nitrogens is 3. The van der Waals surface area contributed by atoms with E-state index in [9.17, 15) is 14.7 Å². The Morgan fingerprint density at radius 3 is 2.70 bits per heavy atom. The van der Waals surface area contributed by atoms with Gasteiger partial charge < -0.3 is 15.2 Å². The zero-order valence-electron chi connectivity index (χ0n) is 19.2. The van der Waals surface area contributed by atoms with Crippen molar-refractivity contribution in [2.24, 2.45) is 0 Å². The first kappa shape index (κ1) is 23.1. The van der Waals surface area contributed by atoms with Crippen LogP contribution in [-0.2, 0) is 22.4 Å². The Morgan fingerprint density at radius 2 is 2.00 bits per heavy atom. The standard InChI is InChI=1S/C25H32N4O4/c1-33-25-27-14-19(15-28-25)18(13-23(31)32)11-20(30)6-2-3-7-22-21(16-8-9-16)12-17-5-4-10-26-24(17)29-22/h12,14-16,18H,2-11,13H2,1H3,(H,26,29)(H,31,32)/t18-/m1/s1. The fourth-order valence-electron chi connectivity index (χ4n) is 4.54. The largest absolute Gasteiger partial charge is 0.481 e. The Hall–Kier alpha value is -3.03. The van der Waals surface area contributed by atoms with Gasteiger partial charge in [0, 0.05) is 43.4 Å². The van der Waals surface area contributed by atoms with Gasteiger partial charge in [0.1, 0.15) is 11.6 Å². The molecule has 0 aromatic carbocycles. The lowest BCUT2D eigenvalue weighted by Gasteiger charge is -2.20. The lowest BCUT2D eigenvalue weighted by molar-refractivity contribution is -0.137. The zero-order chi connectivity index (χ0) is 23.2. The molecule has 33 heavy (non-hydrogen) atoms. The van der Waals surface area contributed by atoms with Crippen LogP contribution in [0.4, 0.5) is 5.82 Å². The van der Waals surface area contributed by atoms with Crippen molar-refractivity contribution in [1.29, 1.82) is 0 Å². The highest BCUT2D eigenvalue weighted by atomic mass is 16.5. The Balaban J connectivity index is 1.30. The minimum atomic E-state index is -0.941. The molecule has 1 aliphatic heterocycles. The van der Waals surface area contributed by atoms with Crippen molar-refractivity contribution in [1.82, 2.24) is 15.0 Å². The Bertz CT molecular complexity index is 989. The molecule has 0 spiro atoms. The van der Waals surface area contributed by atoms with Crippen molar-refractivity contribution < 1.29 is 19.4 Å². The van der Waals surface area contributed by atoms with Gasteiger partial charge in [-0.2, -0.15) is 0 Å². The molecule has 1 fully saturated rings. The molecule has 0 amide bonds. The molecule has 1 saturated carbocycles. The second-order valence-corrected chi connectivity index (χ2v) is 9.08. The van der Waals surface area contributed by atoms with Gasteiger partial charge in [-0.05, 0) is 67.6 Å². The lowest BCUT2D eigenvalue weighted by atomic mass is 9.91. The summed E-state index contributed by atoms with van der Waals surface area (Å²) in [5.41, 5.74) is 4.57. The van der Waals surface area contributed by atoms with Crippen LogP contribution >= 0.6 is 0 Å². The van der Waals surface area contributed by atoms with Crippen LogP contribution in [0.2, 0.25) is 0 Å². The normalized spacial score (nSPS) is 15.9. The number of carbonyl (C=O) groups excluding carboxylic acids is 1. The van der Waals surface area contributed by atoms with E-state index in [0.717, 1.165) is 44.5 Å². The number of methoxy groups -OCH3 is 1. The van der Waals surface area contributed by atoms with E-state index in [4.69, 9.17) is 9.72 Å². The molecule has 176 valence electrons. The summed E-state index contributed by atoms with van der Waals surface area (Å²) >= 11 is 0. The minimum Gasteiger partial charge on any atom is -0.481 e. The molecule has 1 atom stereocenters. The number of aryl methyl sites for hydroxylation is 2. The summed E-state index contributed by atoms with van der Waals surface area (Å²) in [4.78, 5) is 37.0. The maximum Gasteiger partial charge on any atom is 0.316 e. The molecule has 2 aromatic rings. The van der Waals surface area contributed by atoms with Gasteiger partial charge >= 0.3 is 12.0 Å². The number of ketones is 1. The first-order chi connectivity index (χ1) is 16.0. The van der Waals surface area contributed by atoms with Crippen LogP contribution in [0.1, 0.15) is 85.6 Å². The predicted octanol–water partition coefficient (Wildman–Crippen LogP) is 4.05. The van der Waals surface area contributed by atoms with E-state index >= 15 is 0 Å². The Labute approximate surface area is 194 Å². The van der Waals surface area contributed by atoms with Gasteiger partial charge in [0.05, 0.1) is 13.5 Å². The van der Waals surface area contributed by atoms with Crippen molar-refractivity contribution in [2.75, 3.05) is 19.0 Å². The van der Waals surface area contributed by atoms with Crippen LogP contribution in [0.25, 0.3) is 0 Å². The lowest BCUT2D eigenvalue weighted by Crippen LogP contribution is -2.15. The van der Waals surface area contributed by atoms with E-state index in [1.165, 1.54) is 36.8 Å². The van der Waals surface area contributed by atoms with Crippen LogP contribution in [0.5, 0.6) is 6.01 Å². The number of fused-ring (bicyclic) bond motifs is 1. The quantitative estimate of drug-likeness (QED) is 0.464. The zero-order valence-corrected chi connectivity index (χ0v) is 19.2. The molecule has 4 rings (SSSR count). The molecule has 2 aromatic heterocycles. The van der Waals surface area contributed by atoms with Crippen LogP contribution in [0, 0.1) is 0 Å². The number of unbranched alkanes of at least 4 members (excludes halogenated alkanes) is 1. The average molecular weight is 453 g/mol. The molecule has 2 N–H and O–H groups in total. The highest BCUT2D eigenvalue weighted by Crippen LogP contribution is 2.43. The Kier molecular flexibility index (Phi) is 7.52. The highest BCUT2D eigenvalue weighted by molar-refractivity contribution is 5.80. The second kappa shape index (κ2) is 10.7. The van der Waals surface area contributed by atoms with Crippen molar-refractivity contribution in [2.45, 2.75) is 76.0 Å². The number of aliphatic carboxylic acids is 1. The molecule has 2 aliphatic rings. The monoisotopic (exact) mass is 452 g/mol. The van der Waals surface area contributed by atoms with Crippen LogP contribution in [0.15, 0.2) is 18.5 Å². The summed E-state index contributed by atoms with van der Waals surface area (Å²) < 4.78 is 4.96. The van der Waals surface area contributed by atoms with Gasteiger partial charge in [-0.25, -0.2) is 15.0 Å². The van der Waals surface area contributed by atoms with E-state index in [2.05, 4.69) is 21.4 Å². The van der Waals surface area contributed by atoms with E-state index in [1.54, 1.807) is 12.4 Å². The number of ether oxygens (including phenoxy) is 1. The summed E-state index contributed by atoms with van der Waals surface area (Å²) in [6.07, 6.45) is 10.9. The summed E-state index contributed by atoms with van der Waals surface area (Å²) in [5, 5.41) is 12.7. The van der Waals surface area contributed by atoms with Crippen molar-refractivity contribution in [3.8, 4) is 6.01 Å². The molecule has 8 nitrogen and oxygen atoms in total. The number of anilines is 1. The third kappa shape index (κ3) is 6.27. The van der Waals surface area contributed by atoms with E-state index in [1.807, 2.05) is 0 Å². The van der Waals surface area contributed by atoms with Gasteiger partial charge in [0.25, 0.3) is 0 Å². The number of nitrogens with zero attached hydrogens (tertiary/aromatic N) is 3. The smallest absolute Gasteiger partial charge is 0.316 e. The maximum atomic E-state index is 12.6. The fraction of sp³-hybridized carbons (Fsp3) is 0.560. The molecular formula is C25H32N4O4. The molecule has 0 unspecified atom stereocenters. The molecule has 1 aliphatic carbocycles. The molecule has 0 radical (unpaired) electrons. The van der Waals surface area contributed by atoms with Gasteiger partial charge in [-0.3, -0.25) is 9.59 Å². The summed E-state index contributed by atoms with van der Waals surface area (Å²) in [6, 6.07) is 2.58. The first-order valence-electron chi connectivity index (χ1n) is 11.9. The maximum absolute atomic E-state index is 12.6. The van der Waals surface area contributed by atoms with Gasteiger partial charge in [0.2, 0.25) is 0 Å². The number of hydrogen-bond donors (Lipinski definition) is 2. The number of carbonyl (C=O) groups is 2.